The molecule has 88 valence electrons. The monoisotopic (exact) mass is 260 g/mol. The zero-order chi connectivity index (χ0) is 12.0. The fraction of sp³-hybridized carbons (Fsp3) is 0.364. The minimum Gasteiger partial charge on any atom is -0.478 e. The van der Waals surface area contributed by atoms with E-state index in [-0.39, 0.29) is 11.4 Å². The topological polar surface area (TPSA) is 37.3 Å². The second-order valence-corrected chi connectivity index (χ2v) is 5.53. The highest BCUT2D eigenvalue weighted by atomic mass is 32.2. The highest BCUT2D eigenvalue weighted by Crippen LogP contribution is 2.24. The molecule has 0 bridgehead atoms. The summed E-state index contributed by atoms with van der Waals surface area (Å²) < 4.78 is 13.3. The summed E-state index contributed by atoms with van der Waals surface area (Å²) in [6.07, 6.45) is 0. The Morgan fingerprint density at radius 2 is 2.19 bits per heavy atom. The standard InChI is InChI=1S/C11H13FO2S2/c1-2-15-5-6-16-10-7-8(11(13)14)3-4-9(10)12/h3-4,7H,2,5-6H2,1H3,(H,13,14). The van der Waals surface area contributed by atoms with E-state index in [2.05, 4.69) is 6.92 Å². The molecular formula is C11H13FO2S2. The number of carboxylic acids is 1. The fourth-order valence-corrected chi connectivity index (χ4v) is 2.83. The van der Waals surface area contributed by atoms with Crippen LogP contribution in [0.2, 0.25) is 0 Å². The highest BCUT2D eigenvalue weighted by molar-refractivity contribution is 8.02. The van der Waals surface area contributed by atoms with Crippen molar-refractivity contribution < 1.29 is 14.3 Å². The van der Waals surface area contributed by atoms with E-state index >= 15 is 0 Å². The van der Waals surface area contributed by atoms with E-state index in [9.17, 15) is 9.18 Å². The number of aromatic carboxylic acids is 1. The predicted molar refractivity (Wildman–Crippen MR) is 67.1 cm³/mol. The van der Waals surface area contributed by atoms with Gasteiger partial charge in [0.25, 0.3) is 0 Å². The van der Waals surface area contributed by atoms with Gasteiger partial charge in [0.15, 0.2) is 0 Å². The number of benzene rings is 1. The van der Waals surface area contributed by atoms with Crippen LogP contribution in [0.3, 0.4) is 0 Å². The summed E-state index contributed by atoms with van der Waals surface area (Å²) in [5.74, 6) is 1.40. The van der Waals surface area contributed by atoms with E-state index in [1.54, 1.807) is 11.8 Å². The van der Waals surface area contributed by atoms with Crippen molar-refractivity contribution in [1.82, 2.24) is 0 Å². The number of halogens is 1. The fourth-order valence-electron chi connectivity index (χ4n) is 1.10. The van der Waals surface area contributed by atoms with Crippen molar-refractivity contribution in [2.45, 2.75) is 11.8 Å². The van der Waals surface area contributed by atoms with Crippen molar-refractivity contribution in [1.29, 1.82) is 0 Å². The van der Waals surface area contributed by atoms with Crippen molar-refractivity contribution in [2.24, 2.45) is 0 Å². The van der Waals surface area contributed by atoms with E-state index in [1.165, 1.54) is 30.0 Å². The van der Waals surface area contributed by atoms with Crippen molar-refractivity contribution in [3.8, 4) is 0 Å². The van der Waals surface area contributed by atoms with Gasteiger partial charge in [0.2, 0.25) is 0 Å². The van der Waals surface area contributed by atoms with Crippen LogP contribution in [0.25, 0.3) is 0 Å². The lowest BCUT2D eigenvalue weighted by Crippen LogP contribution is -1.97. The normalized spacial score (nSPS) is 10.4. The SMILES string of the molecule is CCSCCSc1cc(C(=O)O)ccc1F. The number of carbonyl (C=O) groups is 1. The van der Waals surface area contributed by atoms with Crippen LogP contribution >= 0.6 is 23.5 Å². The van der Waals surface area contributed by atoms with Crippen LogP contribution in [0.4, 0.5) is 4.39 Å². The molecule has 1 aromatic rings. The first-order chi connectivity index (χ1) is 7.65. The van der Waals surface area contributed by atoms with Crippen molar-refractivity contribution in [3.05, 3.63) is 29.6 Å². The summed E-state index contributed by atoms with van der Waals surface area (Å²) in [6.45, 7) is 2.07. The lowest BCUT2D eigenvalue weighted by Gasteiger charge is -2.04. The van der Waals surface area contributed by atoms with Gasteiger partial charge in [-0.15, -0.1) is 11.8 Å². The molecule has 1 rings (SSSR count). The number of carboxylic acid groups (broad SMARTS) is 1. The number of hydrogen-bond acceptors (Lipinski definition) is 3. The third-order valence-corrected chi connectivity index (χ3v) is 4.06. The summed E-state index contributed by atoms with van der Waals surface area (Å²) in [5.41, 5.74) is 0.132. The summed E-state index contributed by atoms with van der Waals surface area (Å²) >= 11 is 3.14. The van der Waals surface area contributed by atoms with Gasteiger partial charge < -0.3 is 5.11 Å². The van der Waals surface area contributed by atoms with Gasteiger partial charge in [0.05, 0.1) is 5.56 Å². The molecule has 0 aliphatic rings. The van der Waals surface area contributed by atoms with Gasteiger partial charge in [-0.3, -0.25) is 0 Å². The Labute approximate surface area is 103 Å². The van der Waals surface area contributed by atoms with Gasteiger partial charge in [0, 0.05) is 16.4 Å². The van der Waals surface area contributed by atoms with E-state index in [0.29, 0.717) is 4.90 Å². The molecule has 16 heavy (non-hydrogen) atoms. The Balaban J connectivity index is 2.63. The quantitative estimate of drug-likeness (QED) is 0.628. The van der Waals surface area contributed by atoms with Gasteiger partial charge in [-0.05, 0) is 24.0 Å². The molecular weight excluding hydrogens is 247 g/mol. The van der Waals surface area contributed by atoms with Gasteiger partial charge in [-0.25, -0.2) is 9.18 Å². The van der Waals surface area contributed by atoms with Crippen LogP contribution < -0.4 is 0 Å². The smallest absolute Gasteiger partial charge is 0.335 e. The first-order valence-electron chi connectivity index (χ1n) is 4.88. The molecule has 2 nitrogen and oxygen atoms in total. The molecule has 0 atom stereocenters. The third kappa shape index (κ3) is 4.06. The van der Waals surface area contributed by atoms with Crippen LogP contribution in [-0.4, -0.2) is 28.3 Å². The zero-order valence-corrected chi connectivity index (χ0v) is 10.5. The third-order valence-electron chi connectivity index (χ3n) is 1.87. The van der Waals surface area contributed by atoms with Gasteiger partial charge in [-0.1, -0.05) is 6.92 Å². The minimum atomic E-state index is -1.02. The second kappa shape index (κ2) is 6.81. The summed E-state index contributed by atoms with van der Waals surface area (Å²) in [5, 5.41) is 8.77. The van der Waals surface area contributed by atoms with Crippen LogP contribution in [-0.2, 0) is 0 Å². The van der Waals surface area contributed by atoms with Crippen LogP contribution in [0, 0.1) is 5.82 Å². The molecule has 0 aromatic heterocycles. The molecule has 0 heterocycles. The van der Waals surface area contributed by atoms with Gasteiger partial charge >= 0.3 is 5.97 Å². The van der Waals surface area contributed by atoms with Crippen LogP contribution in [0.5, 0.6) is 0 Å². The lowest BCUT2D eigenvalue weighted by atomic mass is 10.2. The van der Waals surface area contributed by atoms with Crippen molar-refractivity contribution >= 4 is 29.5 Å². The van der Waals surface area contributed by atoms with Crippen LogP contribution in [0.1, 0.15) is 17.3 Å². The number of rotatable bonds is 6. The Kier molecular flexibility index (Phi) is 5.69. The Bertz CT molecular complexity index is 369. The maximum Gasteiger partial charge on any atom is 0.335 e. The molecule has 0 amide bonds. The largest absolute Gasteiger partial charge is 0.478 e. The predicted octanol–water partition coefficient (Wildman–Crippen LogP) is 3.37. The zero-order valence-electron chi connectivity index (χ0n) is 8.90. The lowest BCUT2D eigenvalue weighted by molar-refractivity contribution is 0.0696. The molecule has 0 aliphatic carbocycles. The molecule has 0 unspecified atom stereocenters. The van der Waals surface area contributed by atoms with Crippen LogP contribution in [0.15, 0.2) is 23.1 Å². The van der Waals surface area contributed by atoms with Gasteiger partial charge in [-0.2, -0.15) is 11.8 Å². The maximum atomic E-state index is 13.3. The summed E-state index contributed by atoms with van der Waals surface area (Å²) in [6, 6.07) is 3.88. The molecule has 0 saturated carbocycles. The molecule has 1 aromatic carbocycles. The molecule has 0 aliphatic heterocycles. The van der Waals surface area contributed by atoms with Gasteiger partial charge in [0.1, 0.15) is 5.82 Å². The molecule has 0 spiro atoms. The molecule has 0 fully saturated rings. The summed E-state index contributed by atoms with van der Waals surface area (Å²) in [7, 11) is 0. The maximum absolute atomic E-state index is 13.3. The average Bonchev–Trinajstić information content (AvgIpc) is 2.26. The Morgan fingerprint density at radius 1 is 1.44 bits per heavy atom. The average molecular weight is 260 g/mol. The van der Waals surface area contributed by atoms with E-state index in [1.807, 2.05) is 0 Å². The number of thioether (sulfide) groups is 2. The first kappa shape index (κ1) is 13.4. The first-order valence-corrected chi connectivity index (χ1v) is 7.02. The molecule has 0 saturated heterocycles. The Morgan fingerprint density at radius 3 is 2.81 bits per heavy atom. The van der Waals surface area contributed by atoms with Crippen molar-refractivity contribution in [3.63, 3.8) is 0 Å². The van der Waals surface area contributed by atoms with Crippen molar-refractivity contribution in [2.75, 3.05) is 17.3 Å². The van der Waals surface area contributed by atoms with E-state index < -0.39 is 5.97 Å². The molecule has 5 heteroatoms. The molecule has 0 radical (unpaired) electrons. The van der Waals surface area contributed by atoms with E-state index in [4.69, 9.17) is 5.11 Å². The highest BCUT2D eigenvalue weighted by Gasteiger charge is 2.08. The second-order valence-electron chi connectivity index (χ2n) is 3.00. The Hall–Kier alpha value is -0.680. The molecule has 1 N–H and O–H groups in total. The summed E-state index contributed by atoms with van der Waals surface area (Å²) in [4.78, 5) is 11.1. The minimum absolute atomic E-state index is 0.132. The number of hydrogen-bond donors (Lipinski definition) is 1. The van der Waals surface area contributed by atoms with E-state index in [0.717, 1.165) is 17.3 Å².